The standard InChI is InChI=1S/C21H15ClN2O2/c1-13-11-15(24-21(25)17-6-4-10-23-20(17)22)8-9-16(13)19-12-14-5-2-3-7-18(14)26-19/h2-12H,1H3,(H,24,25). The Morgan fingerprint density at radius 3 is 2.69 bits per heavy atom. The smallest absolute Gasteiger partial charge is 0.258 e. The van der Waals surface area contributed by atoms with Crippen LogP contribution in [0.1, 0.15) is 15.9 Å². The van der Waals surface area contributed by atoms with E-state index in [0.717, 1.165) is 27.9 Å². The van der Waals surface area contributed by atoms with E-state index in [9.17, 15) is 4.79 Å². The molecule has 4 nitrogen and oxygen atoms in total. The molecule has 2 heterocycles. The zero-order valence-electron chi connectivity index (χ0n) is 14.0. The van der Waals surface area contributed by atoms with Crippen molar-refractivity contribution < 1.29 is 9.21 Å². The fraction of sp³-hybridized carbons (Fsp3) is 0.0476. The Balaban J connectivity index is 1.62. The van der Waals surface area contributed by atoms with Crippen molar-refractivity contribution in [1.29, 1.82) is 0 Å². The Morgan fingerprint density at radius 1 is 1.08 bits per heavy atom. The van der Waals surface area contributed by atoms with Crippen molar-refractivity contribution in [2.24, 2.45) is 0 Å². The minimum Gasteiger partial charge on any atom is -0.456 e. The molecule has 2 aromatic heterocycles. The number of benzene rings is 2. The van der Waals surface area contributed by atoms with Crippen LogP contribution in [0.15, 0.2) is 71.3 Å². The molecule has 5 heteroatoms. The van der Waals surface area contributed by atoms with Crippen LogP contribution in [0.4, 0.5) is 5.69 Å². The molecule has 0 atom stereocenters. The second-order valence-corrected chi connectivity index (χ2v) is 6.33. The van der Waals surface area contributed by atoms with Gasteiger partial charge in [0.2, 0.25) is 0 Å². The minimum absolute atomic E-state index is 0.181. The summed E-state index contributed by atoms with van der Waals surface area (Å²) in [6.07, 6.45) is 1.55. The maximum Gasteiger partial charge on any atom is 0.258 e. The summed E-state index contributed by atoms with van der Waals surface area (Å²) in [5, 5.41) is 4.09. The number of carbonyl (C=O) groups is 1. The summed E-state index contributed by atoms with van der Waals surface area (Å²) in [7, 11) is 0. The van der Waals surface area contributed by atoms with E-state index in [0.29, 0.717) is 11.3 Å². The third kappa shape index (κ3) is 3.07. The number of pyridine rings is 1. The zero-order valence-corrected chi connectivity index (χ0v) is 14.7. The number of nitrogens with zero attached hydrogens (tertiary/aromatic N) is 1. The number of fused-ring (bicyclic) bond motifs is 1. The second-order valence-electron chi connectivity index (χ2n) is 5.97. The van der Waals surface area contributed by atoms with Gasteiger partial charge in [-0.15, -0.1) is 0 Å². The highest BCUT2D eigenvalue weighted by atomic mass is 35.5. The fourth-order valence-corrected chi connectivity index (χ4v) is 3.09. The molecule has 26 heavy (non-hydrogen) atoms. The fourth-order valence-electron chi connectivity index (χ4n) is 2.89. The van der Waals surface area contributed by atoms with Crippen molar-refractivity contribution in [2.45, 2.75) is 6.92 Å². The van der Waals surface area contributed by atoms with E-state index in [-0.39, 0.29) is 11.1 Å². The van der Waals surface area contributed by atoms with Crippen molar-refractivity contribution in [3.05, 3.63) is 83.1 Å². The average Bonchev–Trinajstić information content (AvgIpc) is 3.06. The molecule has 4 rings (SSSR count). The van der Waals surface area contributed by atoms with Crippen LogP contribution in [-0.2, 0) is 0 Å². The van der Waals surface area contributed by atoms with Gasteiger partial charge in [0.25, 0.3) is 5.91 Å². The van der Waals surface area contributed by atoms with Gasteiger partial charge in [-0.3, -0.25) is 4.79 Å². The summed E-state index contributed by atoms with van der Waals surface area (Å²) in [5.74, 6) is 0.510. The summed E-state index contributed by atoms with van der Waals surface area (Å²) in [4.78, 5) is 16.3. The first-order chi connectivity index (χ1) is 12.6. The van der Waals surface area contributed by atoms with Crippen LogP contribution in [0.3, 0.4) is 0 Å². The van der Waals surface area contributed by atoms with Gasteiger partial charge in [-0.25, -0.2) is 4.98 Å². The quantitative estimate of drug-likeness (QED) is 0.475. The second kappa shape index (κ2) is 6.65. The number of hydrogen-bond donors (Lipinski definition) is 1. The third-order valence-electron chi connectivity index (χ3n) is 4.18. The van der Waals surface area contributed by atoms with E-state index in [1.54, 1.807) is 18.3 Å². The van der Waals surface area contributed by atoms with Gasteiger partial charge in [0, 0.05) is 22.8 Å². The van der Waals surface area contributed by atoms with Crippen LogP contribution in [0.5, 0.6) is 0 Å². The van der Waals surface area contributed by atoms with Gasteiger partial charge in [-0.05, 0) is 55.0 Å². The maximum atomic E-state index is 12.4. The molecule has 0 saturated carbocycles. The number of aryl methyl sites for hydroxylation is 1. The average molecular weight is 363 g/mol. The van der Waals surface area contributed by atoms with Gasteiger partial charge >= 0.3 is 0 Å². The van der Waals surface area contributed by atoms with Gasteiger partial charge in [-0.1, -0.05) is 29.8 Å². The molecule has 4 aromatic rings. The molecule has 0 bridgehead atoms. The summed E-state index contributed by atoms with van der Waals surface area (Å²) < 4.78 is 5.93. The van der Waals surface area contributed by atoms with Crippen molar-refractivity contribution in [2.75, 3.05) is 5.32 Å². The molecule has 0 spiro atoms. The van der Waals surface area contributed by atoms with E-state index in [1.165, 1.54) is 0 Å². The lowest BCUT2D eigenvalue weighted by atomic mass is 10.1. The number of amides is 1. The topological polar surface area (TPSA) is 55.1 Å². The monoisotopic (exact) mass is 362 g/mol. The number of nitrogens with one attached hydrogen (secondary N) is 1. The predicted molar refractivity (Wildman–Crippen MR) is 104 cm³/mol. The van der Waals surface area contributed by atoms with Crippen LogP contribution in [0, 0.1) is 6.92 Å². The number of carbonyl (C=O) groups excluding carboxylic acids is 1. The lowest BCUT2D eigenvalue weighted by Gasteiger charge is -2.09. The van der Waals surface area contributed by atoms with Gasteiger partial charge in [0.1, 0.15) is 16.5 Å². The first-order valence-corrected chi connectivity index (χ1v) is 8.51. The molecule has 128 valence electrons. The van der Waals surface area contributed by atoms with Crippen LogP contribution in [-0.4, -0.2) is 10.9 Å². The number of furan rings is 1. The zero-order chi connectivity index (χ0) is 18.1. The van der Waals surface area contributed by atoms with Crippen molar-refractivity contribution in [3.63, 3.8) is 0 Å². The summed E-state index contributed by atoms with van der Waals surface area (Å²) in [5.41, 5.74) is 3.86. The number of aromatic nitrogens is 1. The van der Waals surface area contributed by atoms with Crippen molar-refractivity contribution in [1.82, 2.24) is 4.98 Å². The predicted octanol–water partition coefficient (Wildman–Crippen LogP) is 5.71. The van der Waals surface area contributed by atoms with Crippen LogP contribution >= 0.6 is 11.6 Å². The first-order valence-electron chi connectivity index (χ1n) is 8.13. The molecule has 0 aliphatic carbocycles. The Morgan fingerprint density at radius 2 is 1.92 bits per heavy atom. The van der Waals surface area contributed by atoms with Crippen molar-refractivity contribution >= 4 is 34.2 Å². The van der Waals surface area contributed by atoms with Gasteiger partial charge < -0.3 is 9.73 Å². The molecule has 0 fully saturated rings. The molecule has 1 amide bonds. The summed E-state index contributed by atoms with van der Waals surface area (Å²) in [6.45, 7) is 1.98. The van der Waals surface area contributed by atoms with Gasteiger partial charge in [0.05, 0.1) is 5.56 Å². The van der Waals surface area contributed by atoms with E-state index in [2.05, 4.69) is 10.3 Å². The Labute approximate surface area is 155 Å². The van der Waals surface area contributed by atoms with Gasteiger partial charge in [-0.2, -0.15) is 0 Å². The number of hydrogen-bond acceptors (Lipinski definition) is 3. The van der Waals surface area contributed by atoms with E-state index in [4.69, 9.17) is 16.0 Å². The van der Waals surface area contributed by atoms with Crippen LogP contribution < -0.4 is 5.32 Å². The largest absolute Gasteiger partial charge is 0.456 e. The molecule has 0 saturated heterocycles. The lowest BCUT2D eigenvalue weighted by Crippen LogP contribution is -2.13. The number of halogens is 1. The molecular weight excluding hydrogens is 348 g/mol. The Kier molecular flexibility index (Phi) is 4.19. The SMILES string of the molecule is Cc1cc(NC(=O)c2cccnc2Cl)ccc1-c1cc2ccccc2o1. The lowest BCUT2D eigenvalue weighted by molar-refractivity contribution is 0.102. The van der Waals surface area contributed by atoms with E-state index < -0.39 is 0 Å². The molecule has 0 radical (unpaired) electrons. The molecule has 1 N–H and O–H groups in total. The highest BCUT2D eigenvalue weighted by molar-refractivity contribution is 6.33. The highest BCUT2D eigenvalue weighted by Crippen LogP contribution is 2.31. The van der Waals surface area contributed by atoms with Crippen molar-refractivity contribution in [3.8, 4) is 11.3 Å². The molecule has 2 aromatic carbocycles. The van der Waals surface area contributed by atoms with E-state index in [1.807, 2.05) is 55.5 Å². The van der Waals surface area contributed by atoms with E-state index >= 15 is 0 Å². The molecular formula is C21H15ClN2O2. The number of rotatable bonds is 3. The van der Waals surface area contributed by atoms with Crippen LogP contribution in [0.25, 0.3) is 22.3 Å². The first kappa shape index (κ1) is 16.4. The minimum atomic E-state index is -0.293. The normalized spacial score (nSPS) is 10.8. The van der Waals surface area contributed by atoms with Crippen LogP contribution in [0.2, 0.25) is 5.15 Å². The van der Waals surface area contributed by atoms with Gasteiger partial charge in [0.15, 0.2) is 0 Å². The highest BCUT2D eigenvalue weighted by Gasteiger charge is 2.13. The number of para-hydroxylation sites is 1. The molecule has 0 unspecified atom stereocenters. The summed E-state index contributed by atoms with van der Waals surface area (Å²) in [6, 6.07) is 18.9. The molecule has 0 aliphatic heterocycles. The summed E-state index contributed by atoms with van der Waals surface area (Å²) >= 11 is 5.98. The Hall–Kier alpha value is -3.11. The Bertz CT molecular complexity index is 1080. The molecule has 0 aliphatic rings. The third-order valence-corrected chi connectivity index (χ3v) is 4.48. The number of anilines is 1. The maximum absolute atomic E-state index is 12.4.